The summed E-state index contributed by atoms with van der Waals surface area (Å²) in [5.41, 5.74) is 1.52. The van der Waals surface area contributed by atoms with Crippen molar-refractivity contribution in [3.63, 3.8) is 0 Å². The van der Waals surface area contributed by atoms with Gasteiger partial charge in [0.05, 0.1) is 19.3 Å². The lowest BCUT2D eigenvalue weighted by atomic mass is 9.97. The fourth-order valence-electron chi connectivity index (χ4n) is 2.83. The molecular weight excluding hydrogens is 368 g/mol. The first-order chi connectivity index (χ1) is 13.0. The highest BCUT2D eigenvalue weighted by molar-refractivity contribution is 6.17. The third-order valence-electron chi connectivity index (χ3n) is 4.18. The van der Waals surface area contributed by atoms with Gasteiger partial charge in [-0.15, -0.1) is 11.6 Å². The van der Waals surface area contributed by atoms with Crippen molar-refractivity contribution < 1.29 is 24.5 Å². The van der Waals surface area contributed by atoms with Crippen molar-refractivity contribution in [1.29, 1.82) is 0 Å². The molecule has 27 heavy (non-hydrogen) atoms. The number of ether oxygens (including phenoxy) is 2. The van der Waals surface area contributed by atoms with Gasteiger partial charge < -0.3 is 19.7 Å². The number of hydrogen-bond donors (Lipinski definition) is 2. The maximum Gasteiger partial charge on any atom is 0.170 e. The molecule has 2 N–H and O–H groups in total. The molecule has 5 nitrogen and oxygen atoms in total. The van der Waals surface area contributed by atoms with Crippen molar-refractivity contribution >= 4 is 17.4 Å². The third-order valence-corrected chi connectivity index (χ3v) is 4.45. The fourth-order valence-corrected chi connectivity index (χ4v) is 2.94. The maximum atomic E-state index is 12.7. The highest BCUT2D eigenvalue weighted by Crippen LogP contribution is 2.34. The van der Waals surface area contributed by atoms with Gasteiger partial charge in [0, 0.05) is 17.9 Å². The molecule has 0 heterocycles. The number of ketones is 1. The number of alkyl halides is 1. The summed E-state index contributed by atoms with van der Waals surface area (Å²) in [6.45, 7) is 2.45. The van der Waals surface area contributed by atoms with E-state index in [-0.39, 0.29) is 29.3 Å². The lowest BCUT2D eigenvalue weighted by molar-refractivity contribution is 0.0990. The first kappa shape index (κ1) is 20.9. The Bertz CT molecular complexity index is 788. The van der Waals surface area contributed by atoms with E-state index in [0.29, 0.717) is 48.0 Å². The Morgan fingerprint density at radius 2 is 1.89 bits per heavy atom. The van der Waals surface area contributed by atoms with Crippen LogP contribution in [0, 0.1) is 0 Å². The number of benzene rings is 2. The van der Waals surface area contributed by atoms with Crippen LogP contribution < -0.4 is 9.47 Å². The molecule has 6 heteroatoms. The number of carbonyl (C=O) groups is 1. The minimum atomic E-state index is -0.235. The molecule has 0 radical (unpaired) electrons. The molecule has 146 valence electrons. The largest absolute Gasteiger partial charge is 0.507 e. The first-order valence-corrected chi connectivity index (χ1v) is 9.47. The highest BCUT2D eigenvalue weighted by atomic mass is 35.5. The number of phenols is 2. The number of rotatable bonds is 10. The van der Waals surface area contributed by atoms with Gasteiger partial charge in [-0.2, -0.15) is 0 Å². The molecular formula is C21H25ClO5. The number of hydrogen-bond acceptors (Lipinski definition) is 5. The van der Waals surface area contributed by atoms with Crippen molar-refractivity contribution in [3.8, 4) is 23.0 Å². The zero-order valence-corrected chi connectivity index (χ0v) is 16.4. The fraction of sp³-hybridized carbons (Fsp3) is 0.381. The van der Waals surface area contributed by atoms with E-state index in [4.69, 9.17) is 21.1 Å². The van der Waals surface area contributed by atoms with Crippen LogP contribution in [-0.2, 0) is 12.8 Å². The first-order valence-electron chi connectivity index (χ1n) is 8.94. The van der Waals surface area contributed by atoms with Crippen molar-refractivity contribution in [3.05, 3.63) is 47.0 Å². The summed E-state index contributed by atoms with van der Waals surface area (Å²) in [6, 6.07) is 8.11. The topological polar surface area (TPSA) is 76.0 Å². The van der Waals surface area contributed by atoms with Crippen LogP contribution in [0.25, 0.3) is 0 Å². The minimum Gasteiger partial charge on any atom is -0.507 e. The number of methoxy groups -OCH3 is 1. The van der Waals surface area contributed by atoms with Gasteiger partial charge in [-0.25, -0.2) is 0 Å². The molecule has 0 atom stereocenters. The smallest absolute Gasteiger partial charge is 0.170 e. The molecule has 0 spiro atoms. The summed E-state index contributed by atoms with van der Waals surface area (Å²) in [5.74, 6) is 1.13. The molecule has 0 aliphatic rings. The Balaban J connectivity index is 2.24. The third kappa shape index (κ3) is 5.30. The monoisotopic (exact) mass is 392 g/mol. The zero-order chi connectivity index (χ0) is 19.8. The van der Waals surface area contributed by atoms with Gasteiger partial charge in [-0.3, -0.25) is 4.79 Å². The van der Waals surface area contributed by atoms with Gasteiger partial charge in [-0.1, -0.05) is 19.4 Å². The second kappa shape index (κ2) is 10.1. The van der Waals surface area contributed by atoms with E-state index in [1.54, 1.807) is 24.3 Å². The van der Waals surface area contributed by atoms with E-state index in [9.17, 15) is 15.0 Å². The lowest BCUT2D eigenvalue weighted by Gasteiger charge is -2.15. The Morgan fingerprint density at radius 1 is 1.15 bits per heavy atom. The number of aromatic hydroxyl groups is 2. The SMILES string of the molecule is CCCc1c(OCCCCl)ccc(C(=O)Cc2ccc(OC)c(O)c2)c1O. The molecule has 0 bridgehead atoms. The molecule has 2 aromatic rings. The molecule has 0 amide bonds. The van der Waals surface area contributed by atoms with Crippen LogP contribution in [0.15, 0.2) is 30.3 Å². The van der Waals surface area contributed by atoms with Crippen molar-refractivity contribution in [1.82, 2.24) is 0 Å². The van der Waals surface area contributed by atoms with Gasteiger partial charge >= 0.3 is 0 Å². The van der Waals surface area contributed by atoms with Crippen LogP contribution in [0.2, 0.25) is 0 Å². The molecule has 2 aromatic carbocycles. The summed E-state index contributed by atoms with van der Waals surface area (Å²) < 4.78 is 10.7. The van der Waals surface area contributed by atoms with Crippen LogP contribution in [0.5, 0.6) is 23.0 Å². The zero-order valence-electron chi connectivity index (χ0n) is 15.6. The van der Waals surface area contributed by atoms with Crippen molar-refractivity contribution in [2.75, 3.05) is 19.6 Å². The van der Waals surface area contributed by atoms with Crippen molar-refractivity contribution in [2.24, 2.45) is 0 Å². The predicted molar refractivity (Wildman–Crippen MR) is 106 cm³/mol. The second-order valence-electron chi connectivity index (χ2n) is 6.19. The molecule has 2 rings (SSSR count). The molecule has 0 aliphatic carbocycles. The van der Waals surface area contributed by atoms with E-state index >= 15 is 0 Å². The summed E-state index contributed by atoms with van der Waals surface area (Å²) in [7, 11) is 1.46. The number of phenolic OH excluding ortho intramolecular Hbond substituents is 2. The van der Waals surface area contributed by atoms with Gasteiger partial charge in [-0.05, 0) is 42.7 Å². The highest BCUT2D eigenvalue weighted by Gasteiger charge is 2.19. The number of halogens is 1. The van der Waals surface area contributed by atoms with Gasteiger partial charge in [0.2, 0.25) is 0 Å². The minimum absolute atomic E-state index is 0.0262. The van der Waals surface area contributed by atoms with E-state index in [2.05, 4.69) is 0 Å². The Labute approximate surface area is 164 Å². The number of carbonyl (C=O) groups excluding carboxylic acids is 1. The van der Waals surface area contributed by atoms with E-state index in [1.807, 2.05) is 6.92 Å². The molecule has 0 saturated carbocycles. The van der Waals surface area contributed by atoms with E-state index in [1.165, 1.54) is 13.2 Å². The average Bonchev–Trinajstić information content (AvgIpc) is 2.64. The molecule has 0 unspecified atom stereocenters. The molecule has 0 fully saturated rings. The molecule has 0 aliphatic heterocycles. The van der Waals surface area contributed by atoms with Crippen LogP contribution in [-0.4, -0.2) is 35.6 Å². The summed E-state index contributed by atoms with van der Waals surface area (Å²) in [4.78, 5) is 12.7. The van der Waals surface area contributed by atoms with Crippen molar-refractivity contribution in [2.45, 2.75) is 32.6 Å². The van der Waals surface area contributed by atoms with Crippen LogP contribution >= 0.6 is 11.6 Å². The Hall–Kier alpha value is -2.40. The molecule has 0 saturated heterocycles. The van der Waals surface area contributed by atoms with Crippen LogP contribution in [0.1, 0.15) is 41.3 Å². The average molecular weight is 393 g/mol. The lowest BCUT2D eigenvalue weighted by Crippen LogP contribution is -2.07. The number of Topliss-reactive ketones (excluding diaryl/α,β-unsaturated/α-hetero) is 1. The van der Waals surface area contributed by atoms with Gasteiger partial charge in [0.25, 0.3) is 0 Å². The Morgan fingerprint density at radius 3 is 2.52 bits per heavy atom. The summed E-state index contributed by atoms with van der Waals surface area (Å²) >= 11 is 5.67. The quantitative estimate of drug-likeness (QED) is 0.354. The predicted octanol–water partition coefficient (Wildman–Crippen LogP) is 4.49. The van der Waals surface area contributed by atoms with Crippen LogP contribution in [0.4, 0.5) is 0 Å². The normalized spacial score (nSPS) is 10.6. The van der Waals surface area contributed by atoms with E-state index < -0.39 is 0 Å². The summed E-state index contributed by atoms with van der Waals surface area (Å²) in [5, 5.41) is 20.5. The summed E-state index contributed by atoms with van der Waals surface area (Å²) in [6.07, 6.45) is 2.18. The Kier molecular flexibility index (Phi) is 7.80. The van der Waals surface area contributed by atoms with Crippen LogP contribution in [0.3, 0.4) is 0 Å². The van der Waals surface area contributed by atoms with Gasteiger partial charge in [0.1, 0.15) is 11.5 Å². The standard InChI is InChI=1S/C21H25ClO5/c1-3-5-16-19(27-11-4-10-22)9-7-15(21(16)25)17(23)12-14-6-8-20(26-2)18(24)13-14/h6-9,13,24-25H,3-5,10-12H2,1-2H3. The van der Waals surface area contributed by atoms with Gasteiger partial charge in [0.15, 0.2) is 17.3 Å². The second-order valence-corrected chi connectivity index (χ2v) is 6.56. The van der Waals surface area contributed by atoms with E-state index in [0.717, 1.165) is 6.42 Å². The maximum absolute atomic E-state index is 12.7. The molecule has 0 aromatic heterocycles.